The number of hydrogen-bond donors (Lipinski definition) is 5. The Labute approximate surface area is 290 Å². The highest BCUT2D eigenvalue weighted by Crippen LogP contribution is 2.43. The Morgan fingerprint density at radius 2 is 1.69 bits per heavy atom. The molecular weight excluding hydrogens is 626 g/mol. The van der Waals surface area contributed by atoms with E-state index in [0.29, 0.717) is 13.0 Å². The summed E-state index contributed by atoms with van der Waals surface area (Å²) >= 11 is 0. The number of hydrogen-bond acceptors (Lipinski definition) is 8. The molecule has 1 aliphatic heterocycles. The quantitative estimate of drug-likeness (QED) is 0.210. The van der Waals surface area contributed by atoms with E-state index < -0.39 is 65.2 Å². The van der Waals surface area contributed by atoms with Gasteiger partial charge < -0.3 is 31.3 Å². The normalized spacial score (nSPS) is 25.9. The molecule has 5 rings (SSSR count). The molecule has 2 heterocycles. The third kappa shape index (κ3) is 8.95. The van der Waals surface area contributed by atoms with Gasteiger partial charge in [0.05, 0.1) is 13.6 Å². The zero-order valence-corrected chi connectivity index (χ0v) is 29.4. The SMILES string of the molecule is [2H][C@@](CCC)(NC(=O)[C@@H]1[C@H]2CCC[C@H]2CN1C(=O)[C@@H](NC(=O)[C@@H](NC(=O)c1cnccn1)C1CCCCC1)C(C)(C)C)[C@H](O)C(=O)NC1CC1. The number of likely N-dealkylation sites (tertiary alicyclic amines) is 1. The maximum atomic E-state index is 14.6. The van der Waals surface area contributed by atoms with Crippen molar-refractivity contribution < 1.29 is 30.4 Å². The van der Waals surface area contributed by atoms with Gasteiger partial charge in [-0.15, -0.1) is 0 Å². The van der Waals surface area contributed by atoms with Crippen molar-refractivity contribution in [3.05, 3.63) is 24.3 Å². The van der Waals surface area contributed by atoms with E-state index in [2.05, 4.69) is 31.2 Å². The molecule has 13 heteroatoms. The summed E-state index contributed by atoms with van der Waals surface area (Å²) in [7, 11) is 0. The minimum atomic E-state index is -1.98. The van der Waals surface area contributed by atoms with Crippen molar-refractivity contribution in [1.82, 2.24) is 36.1 Å². The molecule has 49 heavy (non-hydrogen) atoms. The van der Waals surface area contributed by atoms with Crippen LogP contribution in [-0.2, 0) is 19.2 Å². The Bertz CT molecular complexity index is 1400. The zero-order valence-electron chi connectivity index (χ0n) is 30.4. The van der Waals surface area contributed by atoms with Crippen molar-refractivity contribution in [2.45, 2.75) is 141 Å². The molecule has 0 bridgehead atoms. The van der Waals surface area contributed by atoms with E-state index in [1.165, 1.54) is 23.5 Å². The molecule has 270 valence electrons. The van der Waals surface area contributed by atoms with Gasteiger partial charge in [-0.25, -0.2) is 4.98 Å². The smallest absolute Gasteiger partial charge is 0.272 e. The van der Waals surface area contributed by atoms with Crippen molar-refractivity contribution in [2.24, 2.45) is 23.2 Å². The van der Waals surface area contributed by atoms with Gasteiger partial charge in [-0.2, -0.15) is 0 Å². The molecule has 3 aliphatic carbocycles. The second-order valence-corrected chi connectivity index (χ2v) is 15.5. The number of fused-ring (bicyclic) bond motifs is 1. The number of aliphatic hydroxyl groups is 1. The standard InChI is InChI=1S/C36H55N7O6/c1-5-10-25(29(44)34(48)39-23-15-16-23)40-33(47)28-24-14-9-13-22(24)20-43(28)35(49)30(36(2,3)4)42-32(46)27(21-11-7-6-8-12-21)41-31(45)26-19-37-17-18-38-26/h17-19,21-25,27-30,44H,5-16,20H2,1-4H3,(H,39,48)(H,40,47)(H,41,45)(H,42,46)/t22-,24-,25-,27-,28-,29-,30+/m0/s1/i25D. The van der Waals surface area contributed by atoms with E-state index in [1.54, 1.807) is 0 Å². The first kappa shape index (κ1) is 35.2. The van der Waals surface area contributed by atoms with Gasteiger partial charge in [0.2, 0.25) is 17.7 Å². The molecule has 1 aromatic heterocycles. The van der Waals surface area contributed by atoms with Crippen molar-refractivity contribution in [3.63, 3.8) is 0 Å². The molecule has 3 saturated carbocycles. The third-order valence-electron chi connectivity index (χ3n) is 10.6. The molecule has 0 spiro atoms. The molecule has 0 aromatic carbocycles. The van der Waals surface area contributed by atoms with Crippen LogP contribution in [0, 0.1) is 23.2 Å². The molecule has 0 unspecified atom stereocenters. The minimum absolute atomic E-state index is 0.0245. The molecule has 0 radical (unpaired) electrons. The van der Waals surface area contributed by atoms with Gasteiger partial charge in [0, 0.05) is 25.0 Å². The Hall–Kier alpha value is -3.61. The van der Waals surface area contributed by atoms with E-state index in [4.69, 9.17) is 1.37 Å². The molecule has 4 fully saturated rings. The van der Waals surface area contributed by atoms with Crippen LogP contribution in [0.25, 0.3) is 0 Å². The monoisotopic (exact) mass is 682 g/mol. The van der Waals surface area contributed by atoms with Gasteiger partial charge >= 0.3 is 0 Å². The second kappa shape index (κ2) is 15.9. The average molecular weight is 683 g/mol. The second-order valence-electron chi connectivity index (χ2n) is 15.5. The van der Waals surface area contributed by atoms with Crippen molar-refractivity contribution in [2.75, 3.05) is 6.54 Å². The highest BCUT2D eigenvalue weighted by molar-refractivity contribution is 5.98. The summed E-state index contributed by atoms with van der Waals surface area (Å²) in [5, 5.41) is 22.3. The van der Waals surface area contributed by atoms with Gasteiger partial charge in [0.15, 0.2) is 6.10 Å². The summed E-state index contributed by atoms with van der Waals surface area (Å²) in [6, 6.07) is -4.87. The number of aromatic nitrogens is 2. The van der Waals surface area contributed by atoms with Crippen LogP contribution in [0.1, 0.15) is 117 Å². The summed E-state index contributed by atoms with van der Waals surface area (Å²) in [6.07, 6.45) is 11.4. The Morgan fingerprint density at radius 1 is 0.959 bits per heavy atom. The first-order valence-electron chi connectivity index (χ1n) is 18.7. The number of amides is 5. The van der Waals surface area contributed by atoms with Crippen LogP contribution in [0.2, 0.25) is 0 Å². The van der Waals surface area contributed by atoms with E-state index in [-0.39, 0.29) is 35.9 Å². The van der Waals surface area contributed by atoms with Crippen LogP contribution in [0.3, 0.4) is 0 Å². The van der Waals surface area contributed by atoms with E-state index in [0.717, 1.165) is 64.2 Å². The zero-order chi connectivity index (χ0) is 36.2. The minimum Gasteiger partial charge on any atom is -0.381 e. The highest BCUT2D eigenvalue weighted by Gasteiger charge is 2.52. The molecule has 1 aromatic rings. The van der Waals surface area contributed by atoms with E-state index in [1.807, 2.05) is 27.7 Å². The number of aliphatic hydroxyl groups excluding tert-OH is 1. The first-order chi connectivity index (χ1) is 23.7. The molecule has 5 amide bonds. The number of nitrogens with one attached hydrogen (secondary N) is 4. The Kier molecular flexibility index (Phi) is 11.5. The van der Waals surface area contributed by atoms with Crippen LogP contribution in [0.4, 0.5) is 0 Å². The summed E-state index contributed by atoms with van der Waals surface area (Å²) in [6.45, 7) is 7.68. The van der Waals surface area contributed by atoms with E-state index in [9.17, 15) is 29.1 Å². The maximum absolute atomic E-state index is 14.6. The molecular formula is C36H55N7O6. The number of carbonyl (C=O) groups excluding carboxylic acids is 5. The van der Waals surface area contributed by atoms with Crippen LogP contribution in [0.5, 0.6) is 0 Å². The number of carbonyl (C=O) groups is 5. The predicted molar refractivity (Wildman–Crippen MR) is 182 cm³/mol. The number of rotatable bonds is 13. The van der Waals surface area contributed by atoms with Crippen molar-refractivity contribution >= 4 is 29.5 Å². The summed E-state index contributed by atoms with van der Waals surface area (Å²) in [4.78, 5) is 78.6. The lowest BCUT2D eigenvalue weighted by Crippen LogP contribution is -2.62. The van der Waals surface area contributed by atoms with Crippen LogP contribution in [-0.4, -0.2) is 92.3 Å². The summed E-state index contributed by atoms with van der Waals surface area (Å²) in [5.74, 6) is -2.89. The fourth-order valence-corrected chi connectivity index (χ4v) is 7.85. The van der Waals surface area contributed by atoms with Crippen LogP contribution in [0.15, 0.2) is 18.6 Å². The molecule has 13 nitrogen and oxygen atoms in total. The van der Waals surface area contributed by atoms with Gasteiger partial charge in [0.25, 0.3) is 11.8 Å². The van der Waals surface area contributed by atoms with Gasteiger partial charge in [-0.3, -0.25) is 29.0 Å². The Morgan fingerprint density at radius 3 is 2.33 bits per heavy atom. The summed E-state index contributed by atoms with van der Waals surface area (Å²) in [5.41, 5.74) is -0.679. The molecule has 5 N–H and O–H groups in total. The molecule has 4 aliphatic rings. The lowest BCUT2D eigenvalue weighted by Gasteiger charge is -2.38. The largest absolute Gasteiger partial charge is 0.381 e. The fourth-order valence-electron chi connectivity index (χ4n) is 7.85. The summed E-state index contributed by atoms with van der Waals surface area (Å²) < 4.78 is 9.07. The van der Waals surface area contributed by atoms with Crippen LogP contribution >= 0.6 is 0 Å². The van der Waals surface area contributed by atoms with Crippen LogP contribution < -0.4 is 21.3 Å². The average Bonchev–Trinajstić information content (AvgIpc) is 3.65. The van der Waals surface area contributed by atoms with Crippen molar-refractivity contribution in [3.8, 4) is 0 Å². The Balaban J connectivity index is 1.37. The number of nitrogens with zero attached hydrogens (tertiary/aromatic N) is 3. The lowest BCUT2D eigenvalue weighted by molar-refractivity contribution is -0.146. The topological polar surface area (TPSA) is 183 Å². The van der Waals surface area contributed by atoms with Gasteiger partial charge in [-0.1, -0.05) is 59.8 Å². The first-order valence-corrected chi connectivity index (χ1v) is 18.2. The molecule has 1 saturated heterocycles. The molecule has 7 atom stereocenters. The van der Waals surface area contributed by atoms with E-state index >= 15 is 0 Å². The van der Waals surface area contributed by atoms with Gasteiger partial charge in [0.1, 0.15) is 23.8 Å². The van der Waals surface area contributed by atoms with Crippen molar-refractivity contribution in [1.29, 1.82) is 0 Å². The third-order valence-corrected chi connectivity index (χ3v) is 10.6. The fraction of sp³-hybridized carbons (Fsp3) is 0.750. The highest BCUT2D eigenvalue weighted by atomic mass is 16.3. The lowest BCUT2D eigenvalue weighted by atomic mass is 9.82. The predicted octanol–water partition coefficient (Wildman–Crippen LogP) is 2.24. The maximum Gasteiger partial charge on any atom is 0.272 e. The van der Waals surface area contributed by atoms with Gasteiger partial charge in [-0.05, 0) is 68.1 Å².